The van der Waals surface area contributed by atoms with Crippen LogP contribution in [-0.4, -0.2) is 51.9 Å². The van der Waals surface area contributed by atoms with E-state index in [-0.39, 0.29) is 12.0 Å². The fourth-order valence-electron chi connectivity index (χ4n) is 3.82. The number of aromatic amines is 1. The van der Waals surface area contributed by atoms with E-state index < -0.39 is 0 Å². The van der Waals surface area contributed by atoms with Gasteiger partial charge < -0.3 is 20.3 Å². The average molecular weight is 536 g/mol. The van der Waals surface area contributed by atoms with E-state index in [0.29, 0.717) is 39.7 Å². The highest BCUT2D eigenvalue weighted by atomic mass is 35.5. The maximum absolute atomic E-state index is 12.6. The number of carbonyl (C=O) groups is 1. The third kappa shape index (κ3) is 6.22. The first kappa shape index (κ1) is 25.1. The summed E-state index contributed by atoms with van der Waals surface area (Å²) in [5.74, 6) is 1.91. The quantitative estimate of drug-likeness (QED) is 0.240. The van der Waals surface area contributed by atoms with Crippen molar-refractivity contribution in [3.8, 4) is 0 Å². The number of aryl methyl sites for hydroxylation is 1. The van der Waals surface area contributed by atoms with Gasteiger partial charge in [-0.1, -0.05) is 23.7 Å². The van der Waals surface area contributed by atoms with Crippen LogP contribution >= 0.6 is 23.4 Å². The molecular formula is C26H26ClN7O2S. The zero-order valence-corrected chi connectivity index (χ0v) is 21.9. The number of nitrogens with one attached hydrogen (secondary N) is 3. The lowest BCUT2D eigenvalue weighted by Gasteiger charge is -2.39. The summed E-state index contributed by atoms with van der Waals surface area (Å²) in [6.07, 6.45) is 0.218. The van der Waals surface area contributed by atoms with Crippen LogP contribution in [0.1, 0.15) is 23.0 Å². The molecule has 0 spiro atoms. The van der Waals surface area contributed by atoms with E-state index >= 15 is 0 Å². The molecule has 11 heteroatoms. The van der Waals surface area contributed by atoms with Gasteiger partial charge in [-0.3, -0.25) is 9.89 Å². The summed E-state index contributed by atoms with van der Waals surface area (Å²) >= 11 is 7.58. The molecule has 190 valence electrons. The molecule has 37 heavy (non-hydrogen) atoms. The van der Waals surface area contributed by atoms with Crippen LogP contribution in [0.15, 0.2) is 70.7 Å². The van der Waals surface area contributed by atoms with Crippen molar-refractivity contribution < 1.29 is 9.53 Å². The molecule has 2 aromatic carbocycles. The number of H-pyrrole nitrogens is 1. The Morgan fingerprint density at radius 1 is 1.14 bits per heavy atom. The van der Waals surface area contributed by atoms with Crippen molar-refractivity contribution >= 4 is 52.4 Å². The van der Waals surface area contributed by atoms with E-state index in [2.05, 4.69) is 25.7 Å². The van der Waals surface area contributed by atoms with Gasteiger partial charge in [0.05, 0.1) is 16.7 Å². The van der Waals surface area contributed by atoms with Gasteiger partial charge in [0.25, 0.3) is 5.91 Å². The lowest BCUT2D eigenvalue weighted by molar-refractivity contribution is 0.0426. The van der Waals surface area contributed by atoms with Crippen molar-refractivity contribution in [2.45, 2.75) is 30.0 Å². The van der Waals surface area contributed by atoms with Gasteiger partial charge >= 0.3 is 0 Å². The lowest BCUT2D eigenvalue weighted by atomic mass is 10.1. The second kappa shape index (κ2) is 11.2. The Morgan fingerprint density at radius 2 is 1.92 bits per heavy atom. The van der Waals surface area contributed by atoms with Gasteiger partial charge in [-0.25, -0.2) is 9.97 Å². The summed E-state index contributed by atoms with van der Waals surface area (Å²) < 4.78 is 5.70. The number of amides is 1. The Bertz CT molecular complexity index is 1390. The molecule has 0 unspecified atom stereocenters. The van der Waals surface area contributed by atoms with Crippen molar-refractivity contribution in [1.82, 2.24) is 20.2 Å². The highest BCUT2D eigenvalue weighted by Gasteiger charge is 2.29. The Hall–Kier alpha value is -3.60. The number of rotatable bonds is 9. The minimum absolute atomic E-state index is 0.218. The normalized spacial score (nSPS) is 13.3. The van der Waals surface area contributed by atoms with E-state index in [1.807, 2.05) is 50.2 Å². The van der Waals surface area contributed by atoms with Gasteiger partial charge in [0, 0.05) is 48.1 Å². The standard InChI is InChI=1S/C26H26ClN7O2S/c1-3-36-18-14-34(15-18)24-13-22(29-23-12-16(2)32-33-23)30-26(31-24)37-19-10-8-17(9-11-19)28-25(35)20-6-4-5-7-21(20)27/h4-13,18H,3,14-15H2,1-2H3,(H,28,35)(H2,29,30,31,32,33). The van der Waals surface area contributed by atoms with Crippen LogP contribution in [0, 0.1) is 6.92 Å². The van der Waals surface area contributed by atoms with Crippen molar-refractivity contribution in [3.05, 3.63) is 76.9 Å². The van der Waals surface area contributed by atoms with Gasteiger partial charge in [-0.15, -0.1) is 0 Å². The molecule has 1 aliphatic rings. The van der Waals surface area contributed by atoms with E-state index in [9.17, 15) is 4.79 Å². The molecule has 2 aromatic heterocycles. The van der Waals surface area contributed by atoms with Crippen LogP contribution in [0.2, 0.25) is 5.02 Å². The number of halogens is 1. The van der Waals surface area contributed by atoms with Crippen LogP contribution in [-0.2, 0) is 4.74 Å². The highest BCUT2D eigenvalue weighted by Crippen LogP contribution is 2.31. The molecule has 3 heterocycles. The Labute approximate surface area is 224 Å². The molecule has 0 bridgehead atoms. The lowest BCUT2D eigenvalue weighted by Crippen LogP contribution is -2.52. The molecule has 5 rings (SSSR count). The molecule has 4 aromatic rings. The predicted octanol–water partition coefficient (Wildman–Crippen LogP) is 5.53. The van der Waals surface area contributed by atoms with Gasteiger partial charge in [0.1, 0.15) is 11.6 Å². The smallest absolute Gasteiger partial charge is 0.257 e. The summed E-state index contributed by atoms with van der Waals surface area (Å²) in [5.41, 5.74) is 2.05. The fraction of sp³-hybridized carbons (Fsp3) is 0.231. The van der Waals surface area contributed by atoms with Crippen LogP contribution in [0.5, 0.6) is 0 Å². The Kier molecular flexibility index (Phi) is 7.59. The molecule has 0 saturated carbocycles. The summed E-state index contributed by atoms with van der Waals surface area (Å²) in [6.45, 7) is 6.22. The second-order valence-electron chi connectivity index (χ2n) is 8.50. The van der Waals surface area contributed by atoms with Gasteiger partial charge in [0.15, 0.2) is 11.0 Å². The zero-order valence-electron chi connectivity index (χ0n) is 20.4. The van der Waals surface area contributed by atoms with E-state index in [1.54, 1.807) is 24.3 Å². The van der Waals surface area contributed by atoms with Crippen molar-refractivity contribution in [2.24, 2.45) is 0 Å². The molecular weight excluding hydrogens is 510 g/mol. The van der Waals surface area contributed by atoms with Crippen molar-refractivity contribution in [1.29, 1.82) is 0 Å². The third-order valence-corrected chi connectivity index (χ3v) is 6.87. The van der Waals surface area contributed by atoms with Crippen LogP contribution in [0.25, 0.3) is 0 Å². The number of hydrogen-bond acceptors (Lipinski definition) is 8. The highest BCUT2D eigenvalue weighted by molar-refractivity contribution is 7.99. The van der Waals surface area contributed by atoms with E-state index in [0.717, 1.165) is 29.5 Å². The molecule has 9 nitrogen and oxygen atoms in total. The SMILES string of the molecule is CCOC1CN(c2cc(Nc3cc(C)[nH]n3)nc(Sc3ccc(NC(=O)c4ccccc4Cl)cc3)n2)C1. The molecule has 1 fully saturated rings. The summed E-state index contributed by atoms with van der Waals surface area (Å²) in [7, 11) is 0. The van der Waals surface area contributed by atoms with Gasteiger partial charge in [0.2, 0.25) is 0 Å². The number of benzene rings is 2. The molecule has 3 N–H and O–H groups in total. The third-order valence-electron chi connectivity index (χ3n) is 5.67. The van der Waals surface area contributed by atoms with Crippen LogP contribution < -0.4 is 15.5 Å². The first-order valence-electron chi connectivity index (χ1n) is 11.9. The predicted molar refractivity (Wildman–Crippen MR) is 146 cm³/mol. The molecule has 1 aliphatic heterocycles. The number of ether oxygens (including phenoxy) is 1. The van der Waals surface area contributed by atoms with Crippen molar-refractivity contribution in [3.63, 3.8) is 0 Å². The molecule has 1 saturated heterocycles. The minimum Gasteiger partial charge on any atom is -0.375 e. The summed E-state index contributed by atoms with van der Waals surface area (Å²) in [5, 5.41) is 14.3. The number of aromatic nitrogens is 4. The molecule has 0 atom stereocenters. The Morgan fingerprint density at radius 3 is 2.62 bits per heavy atom. The number of carbonyl (C=O) groups excluding carboxylic acids is 1. The largest absolute Gasteiger partial charge is 0.375 e. The Balaban J connectivity index is 1.31. The average Bonchev–Trinajstić information content (AvgIpc) is 3.26. The summed E-state index contributed by atoms with van der Waals surface area (Å²) in [6, 6.07) is 18.3. The minimum atomic E-state index is -0.258. The number of anilines is 4. The van der Waals surface area contributed by atoms with E-state index in [1.165, 1.54) is 11.8 Å². The summed E-state index contributed by atoms with van der Waals surface area (Å²) in [4.78, 5) is 25.1. The van der Waals surface area contributed by atoms with E-state index in [4.69, 9.17) is 26.3 Å². The fourth-order valence-corrected chi connectivity index (χ4v) is 4.81. The van der Waals surface area contributed by atoms with Gasteiger partial charge in [-0.05, 0) is 62.0 Å². The van der Waals surface area contributed by atoms with Crippen LogP contribution in [0.3, 0.4) is 0 Å². The number of hydrogen-bond donors (Lipinski definition) is 3. The molecule has 0 radical (unpaired) electrons. The van der Waals surface area contributed by atoms with Crippen LogP contribution in [0.4, 0.5) is 23.1 Å². The van der Waals surface area contributed by atoms with Crippen molar-refractivity contribution in [2.75, 3.05) is 35.2 Å². The first-order chi connectivity index (χ1) is 18.0. The topological polar surface area (TPSA) is 108 Å². The second-order valence-corrected chi connectivity index (χ2v) is 9.95. The maximum atomic E-state index is 12.6. The zero-order chi connectivity index (χ0) is 25.8. The monoisotopic (exact) mass is 535 g/mol. The first-order valence-corrected chi connectivity index (χ1v) is 13.0. The van der Waals surface area contributed by atoms with Gasteiger partial charge in [-0.2, -0.15) is 5.10 Å². The maximum Gasteiger partial charge on any atom is 0.257 e. The molecule has 1 amide bonds. The number of nitrogens with zero attached hydrogens (tertiary/aromatic N) is 4. The molecule has 0 aliphatic carbocycles.